The average molecular weight is 378 g/mol. The van der Waals surface area contributed by atoms with Gasteiger partial charge in [-0.15, -0.1) is 0 Å². The van der Waals surface area contributed by atoms with Gasteiger partial charge in [0.05, 0.1) is 30.6 Å². The molecular formula is C14H20F2N4O4S. The Hall–Kier alpha value is -2.01. The molecule has 1 aliphatic rings. The molecular weight excluding hydrogens is 358 g/mol. The average Bonchev–Trinajstić information content (AvgIpc) is 2.89. The lowest BCUT2D eigenvalue weighted by atomic mass is 10.1. The van der Waals surface area contributed by atoms with E-state index < -0.39 is 49.4 Å². The van der Waals surface area contributed by atoms with Crippen LogP contribution in [0, 0.1) is 0 Å². The summed E-state index contributed by atoms with van der Waals surface area (Å²) in [7, 11) is 0. The Labute approximate surface area is 147 Å². The van der Waals surface area contributed by atoms with Crippen molar-refractivity contribution in [3.63, 3.8) is 0 Å². The molecule has 1 saturated heterocycles. The van der Waals surface area contributed by atoms with Gasteiger partial charge in [0.25, 0.3) is 5.92 Å². The molecule has 0 spiro atoms. The van der Waals surface area contributed by atoms with E-state index >= 15 is 0 Å². The summed E-state index contributed by atoms with van der Waals surface area (Å²) in [5, 5.41) is 14.3. The van der Waals surface area contributed by atoms with E-state index in [1.807, 2.05) is 0 Å². The summed E-state index contributed by atoms with van der Waals surface area (Å²) < 4.78 is 32.2. The molecule has 2 heterocycles. The Morgan fingerprint density at radius 3 is 2.88 bits per heavy atom. The lowest BCUT2D eigenvalue weighted by Gasteiger charge is -2.37. The first-order chi connectivity index (χ1) is 11.5. The monoisotopic (exact) mass is 378 g/mol. The van der Waals surface area contributed by atoms with Gasteiger partial charge in [-0.3, -0.25) is 5.32 Å². The van der Waals surface area contributed by atoms with Crippen LogP contribution in [-0.4, -0.2) is 58.3 Å². The van der Waals surface area contributed by atoms with Crippen molar-refractivity contribution in [1.29, 1.82) is 0 Å². The van der Waals surface area contributed by atoms with Gasteiger partial charge in [0.2, 0.25) is 0 Å². The molecule has 1 atom stereocenters. The number of urea groups is 1. The van der Waals surface area contributed by atoms with E-state index in [1.54, 1.807) is 20.8 Å². The van der Waals surface area contributed by atoms with Gasteiger partial charge in [-0.05, 0) is 20.8 Å². The number of nitrogens with one attached hydrogen (secondary N) is 2. The quantitative estimate of drug-likeness (QED) is 0.745. The second-order valence-corrected chi connectivity index (χ2v) is 7.60. The van der Waals surface area contributed by atoms with Crippen LogP contribution in [0.4, 0.5) is 23.5 Å². The number of rotatable bonds is 4. The minimum absolute atomic E-state index is 0.173. The van der Waals surface area contributed by atoms with Crippen molar-refractivity contribution in [2.75, 3.05) is 25.0 Å². The number of ether oxygens (including phenoxy) is 1. The molecule has 0 aromatic carbocycles. The van der Waals surface area contributed by atoms with E-state index in [4.69, 9.17) is 4.74 Å². The van der Waals surface area contributed by atoms with Crippen molar-refractivity contribution in [2.45, 2.75) is 38.3 Å². The zero-order valence-corrected chi connectivity index (χ0v) is 14.8. The van der Waals surface area contributed by atoms with Gasteiger partial charge >= 0.3 is 12.1 Å². The van der Waals surface area contributed by atoms with Crippen molar-refractivity contribution in [2.24, 2.45) is 0 Å². The number of hydrogen-bond donors (Lipinski definition) is 3. The van der Waals surface area contributed by atoms with Crippen LogP contribution in [0.3, 0.4) is 0 Å². The molecule has 1 aromatic heterocycles. The topological polar surface area (TPSA) is 104 Å². The molecule has 1 aliphatic heterocycles. The highest BCUT2D eigenvalue weighted by Crippen LogP contribution is 2.32. The summed E-state index contributed by atoms with van der Waals surface area (Å²) in [6.07, 6.45) is 0.606. The second kappa shape index (κ2) is 7.08. The lowest BCUT2D eigenvalue weighted by molar-refractivity contribution is -0.0486. The van der Waals surface area contributed by atoms with Gasteiger partial charge in [-0.1, -0.05) is 11.3 Å². The van der Waals surface area contributed by atoms with E-state index in [0.29, 0.717) is 4.88 Å². The van der Waals surface area contributed by atoms with Crippen LogP contribution in [0.15, 0.2) is 6.20 Å². The highest BCUT2D eigenvalue weighted by atomic mass is 32.1. The Bertz CT molecular complexity index is 647. The highest BCUT2D eigenvalue weighted by Gasteiger charge is 2.42. The number of carbonyl (C=O) groups is 2. The van der Waals surface area contributed by atoms with Gasteiger partial charge in [0.15, 0.2) is 5.13 Å². The third kappa shape index (κ3) is 5.23. The summed E-state index contributed by atoms with van der Waals surface area (Å²) in [6, 6.07) is -1.68. The normalized spacial score (nSPS) is 18.5. The molecule has 3 amide bonds. The lowest BCUT2D eigenvalue weighted by Crippen LogP contribution is -2.58. The maximum Gasteiger partial charge on any atom is 0.413 e. The molecule has 11 heteroatoms. The molecule has 140 valence electrons. The van der Waals surface area contributed by atoms with E-state index in [0.717, 1.165) is 16.2 Å². The Morgan fingerprint density at radius 2 is 2.28 bits per heavy atom. The second-order valence-electron chi connectivity index (χ2n) is 6.54. The highest BCUT2D eigenvalue weighted by molar-refractivity contribution is 7.15. The van der Waals surface area contributed by atoms with Crippen LogP contribution in [0.5, 0.6) is 0 Å². The third-order valence-electron chi connectivity index (χ3n) is 3.17. The fourth-order valence-electron chi connectivity index (χ4n) is 2.17. The number of alkyl halides is 2. The van der Waals surface area contributed by atoms with Crippen LogP contribution in [0.1, 0.15) is 31.7 Å². The first kappa shape index (κ1) is 19.3. The van der Waals surface area contributed by atoms with E-state index in [1.165, 1.54) is 6.20 Å². The number of halogens is 2. The smallest absolute Gasteiger partial charge is 0.413 e. The van der Waals surface area contributed by atoms with Gasteiger partial charge < -0.3 is 20.1 Å². The predicted molar refractivity (Wildman–Crippen MR) is 86.8 cm³/mol. The number of anilines is 1. The number of hydrogen-bond acceptors (Lipinski definition) is 6. The van der Waals surface area contributed by atoms with Gasteiger partial charge in [-0.25, -0.2) is 23.4 Å². The molecule has 8 nitrogen and oxygen atoms in total. The number of carbonyl (C=O) groups excluding carboxylic acids is 2. The van der Waals surface area contributed by atoms with E-state index in [2.05, 4.69) is 15.6 Å². The summed E-state index contributed by atoms with van der Waals surface area (Å²) in [5.41, 5.74) is -0.685. The molecule has 25 heavy (non-hydrogen) atoms. The van der Waals surface area contributed by atoms with Gasteiger partial charge in [0, 0.05) is 6.20 Å². The number of aliphatic hydroxyl groups excluding tert-OH is 1. The Balaban J connectivity index is 2.10. The molecule has 1 fully saturated rings. The fourth-order valence-corrected chi connectivity index (χ4v) is 3.07. The summed E-state index contributed by atoms with van der Waals surface area (Å²) in [6.45, 7) is 3.01. The van der Waals surface area contributed by atoms with Crippen LogP contribution >= 0.6 is 11.3 Å². The van der Waals surface area contributed by atoms with Gasteiger partial charge in [-0.2, -0.15) is 0 Å². The molecule has 1 aromatic rings. The zero-order chi connectivity index (χ0) is 18.8. The maximum absolute atomic E-state index is 13.6. The number of nitrogens with zero attached hydrogens (tertiary/aromatic N) is 2. The number of aromatic nitrogens is 1. The van der Waals surface area contributed by atoms with Crippen LogP contribution < -0.4 is 10.6 Å². The summed E-state index contributed by atoms with van der Waals surface area (Å²) in [5.74, 6) is -3.09. The molecule has 0 radical (unpaired) electrons. The molecule has 0 aliphatic carbocycles. The van der Waals surface area contributed by atoms with E-state index in [-0.39, 0.29) is 5.13 Å². The standard InChI is InChI=1S/C14H20F2N4O4S/c1-13(2,3)24-12(23)19-10-17-4-9(25-10)8(5-21)20-7-14(15,16)6-18-11(20)22/h4,8,21H,5-7H2,1-3H3,(H,18,22)(H,17,19,23). The first-order valence-corrected chi connectivity index (χ1v) is 8.31. The Kier molecular flexibility index (Phi) is 5.47. The molecule has 0 bridgehead atoms. The van der Waals surface area contributed by atoms with Crippen molar-refractivity contribution in [3.05, 3.63) is 11.1 Å². The minimum Gasteiger partial charge on any atom is -0.444 e. The van der Waals surface area contributed by atoms with E-state index in [9.17, 15) is 23.5 Å². The van der Waals surface area contributed by atoms with Crippen LogP contribution in [-0.2, 0) is 4.74 Å². The minimum atomic E-state index is -3.09. The number of aliphatic hydroxyl groups is 1. The maximum atomic E-state index is 13.6. The summed E-state index contributed by atoms with van der Waals surface area (Å²) >= 11 is 0.966. The fraction of sp³-hybridized carbons (Fsp3) is 0.643. The Morgan fingerprint density at radius 1 is 1.60 bits per heavy atom. The largest absolute Gasteiger partial charge is 0.444 e. The molecule has 2 rings (SSSR count). The summed E-state index contributed by atoms with van der Waals surface area (Å²) in [4.78, 5) is 28.8. The molecule has 1 unspecified atom stereocenters. The van der Waals surface area contributed by atoms with Crippen molar-refractivity contribution >= 4 is 28.6 Å². The number of thiazole rings is 1. The van der Waals surface area contributed by atoms with Crippen LogP contribution in [0.2, 0.25) is 0 Å². The molecule has 0 saturated carbocycles. The molecule has 3 N–H and O–H groups in total. The predicted octanol–water partition coefficient (Wildman–Crippen LogP) is 2.18. The SMILES string of the molecule is CC(C)(C)OC(=O)Nc1ncc(C(CO)N2CC(F)(F)CNC2=O)s1. The first-order valence-electron chi connectivity index (χ1n) is 7.50. The van der Waals surface area contributed by atoms with Crippen LogP contribution in [0.25, 0.3) is 0 Å². The number of amides is 3. The van der Waals surface area contributed by atoms with Crippen molar-refractivity contribution < 1.29 is 28.2 Å². The third-order valence-corrected chi connectivity index (χ3v) is 4.18. The zero-order valence-electron chi connectivity index (χ0n) is 14.0. The van der Waals surface area contributed by atoms with Crippen molar-refractivity contribution in [3.8, 4) is 0 Å². The van der Waals surface area contributed by atoms with Gasteiger partial charge in [0.1, 0.15) is 5.60 Å². The van der Waals surface area contributed by atoms with Crippen molar-refractivity contribution in [1.82, 2.24) is 15.2 Å².